The van der Waals surface area contributed by atoms with Gasteiger partial charge in [-0.25, -0.2) is 0 Å². The number of hydrogen-bond donors (Lipinski definition) is 2. The average Bonchev–Trinajstić information content (AvgIpc) is 2.25. The molecule has 0 aromatic rings. The molecule has 2 N–H and O–H groups in total. The Morgan fingerprint density at radius 1 is 1.00 bits per heavy atom. The van der Waals surface area contributed by atoms with Crippen molar-refractivity contribution < 1.29 is 10.2 Å². The maximum atomic E-state index is 11.3. The molecule has 4 rings (SSSR count). The summed E-state index contributed by atoms with van der Waals surface area (Å²) in [5.74, 6) is 1.85. The molecule has 98 valence electrons. The highest BCUT2D eigenvalue weighted by molar-refractivity contribution is 5.13. The first-order valence-corrected chi connectivity index (χ1v) is 7.46. The third-order valence-electron chi connectivity index (χ3n) is 6.10. The minimum Gasteiger partial charge on any atom is -0.390 e. The Balaban J connectivity index is 1.93. The predicted octanol–water partition coefficient (Wildman–Crippen LogP) is 2.72. The molecular formula is C15H26O2. The van der Waals surface area contributed by atoms with Crippen LogP contribution in [0.3, 0.4) is 0 Å². The number of hydrogen-bond acceptors (Lipinski definition) is 2. The molecular weight excluding hydrogens is 212 g/mol. The van der Waals surface area contributed by atoms with Crippen LogP contribution in [0, 0.1) is 23.7 Å². The largest absolute Gasteiger partial charge is 0.390 e. The topological polar surface area (TPSA) is 40.5 Å². The van der Waals surface area contributed by atoms with Crippen molar-refractivity contribution in [1.29, 1.82) is 0 Å². The molecule has 0 aliphatic heterocycles. The molecule has 4 bridgehead atoms. The Labute approximate surface area is 104 Å². The van der Waals surface area contributed by atoms with Crippen molar-refractivity contribution in [3.8, 4) is 0 Å². The van der Waals surface area contributed by atoms with Crippen LogP contribution in [0.1, 0.15) is 58.8 Å². The highest BCUT2D eigenvalue weighted by atomic mass is 16.3. The third kappa shape index (κ3) is 1.53. The summed E-state index contributed by atoms with van der Waals surface area (Å²) >= 11 is 0. The molecule has 4 aliphatic carbocycles. The zero-order valence-electron chi connectivity index (χ0n) is 11.2. The van der Waals surface area contributed by atoms with Gasteiger partial charge in [-0.1, -0.05) is 26.7 Å². The first-order valence-electron chi connectivity index (χ1n) is 7.46. The second-order valence-electron chi connectivity index (χ2n) is 6.97. The van der Waals surface area contributed by atoms with Crippen molar-refractivity contribution >= 4 is 0 Å². The summed E-state index contributed by atoms with van der Waals surface area (Å²) < 4.78 is 0. The van der Waals surface area contributed by atoms with Gasteiger partial charge in [-0.05, 0) is 55.8 Å². The molecule has 4 aliphatic rings. The van der Waals surface area contributed by atoms with Crippen LogP contribution in [-0.4, -0.2) is 21.4 Å². The fraction of sp³-hybridized carbons (Fsp3) is 1.00. The summed E-state index contributed by atoms with van der Waals surface area (Å²) in [6.45, 7) is 4.40. The van der Waals surface area contributed by atoms with Crippen LogP contribution in [0.5, 0.6) is 0 Å². The number of rotatable bonds is 3. The maximum absolute atomic E-state index is 11.3. The lowest BCUT2D eigenvalue weighted by Crippen LogP contribution is -2.66. The standard InChI is InChI=1S/C15H26O2/c1-3-11(4-2)15(17)12-5-10-6-13(15)9-14(16,7-10)8-12/h10-13,16-17H,3-9H2,1-2H3. The van der Waals surface area contributed by atoms with Crippen LogP contribution in [0.25, 0.3) is 0 Å². The molecule has 0 radical (unpaired) electrons. The van der Waals surface area contributed by atoms with E-state index < -0.39 is 11.2 Å². The second-order valence-corrected chi connectivity index (χ2v) is 6.97. The van der Waals surface area contributed by atoms with Crippen LogP contribution in [0.4, 0.5) is 0 Å². The monoisotopic (exact) mass is 238 g/mol. The van der Waals surface area contributed by atoms with Crippen molar-refractivity contribution in [3.63, 3.8) is 0 Å². The first kappa shape index (κ1) is 12.0. The van der Waals surface area contributed by atoms with Crippen molar-refractivity contribution in [2.45, 2.75) is 70.0 Å². The van der Waals surface area contributed by atoms with E-state index in [1.54, 1.807) is 0 Å². The zero-order valence-corrected chi connectivity index (χ0v) is 11.2. The minimum absolute atomic E-state index is 0.364. The molecule has 2 atom stereocenters. The van der Waals surface area contributed by atoms with Gasteiger partial charge in [0, 0.05) is 0 Å². The summed E-state index contributed by atoms with van der Waals surface area (Å²) in [5, 5.41) is 21.8. The Morgan fingerprint density at radius 2 is 1.53 bits per heavy atom. The third-order valence-corrected chi connectivity index (χ3v) is 6.10. The van der Waals surface area contributed by atoms with Gasteiger partial charge in [-0.3, -0.25) is 0 Å². The Kier molecular flexibility index (Phi) is 2.61. The van der Waals surface area contributed by atoms with Gasteiger partial charge in [0.05, 0.1) is 11.2 Å². The highest BCUT2D eigenvalue weighted by Gasteiger charge is 2.62. The van der Waals surface area contributed by atoms with Gasteiger partial charge in [0.25, 0.3) is 0 Å². The van der Waals surface area contributed by atoms with Crippen LogP contribution < -0.4 is 0 Å². The average molecular weight is 238 g/mol. The highest BCUT2D eigenvalue weighted by Crippen LogP contribution is 2.62. The predicted molar refractivity (Wildman–Crippen MR) is 67.5 cm³/mol. The van der Waals surface area contributed by atoms with Crippen LogP contribution in [0.2, 0.25) is 0 Å². The van der Waals surface area contributed by atoms with E-state index in [0.717, 1.165) is 44.9 Å². The van der Waals surface area contributed by atoms with Gasteiger partial charge < -0.3 is 10.2 Å². The molecule has 2 nitrogen and oxygen atoms in total. The lowest BCUT2D eigenvalue weighted by atomic mass is 9.45. The van der Waals surface area contributed by atoms with E-state index in [2.05, 4.69) is 13.8 Å². The van der Waals surface area contributed by atoms with Crippen molar-refractivity contribution in [3.05, 3.63) is 0 Å². The van der Waals surface area contributed by atoms with Gasteiger partial charge >= 0.3 is 0 Å². The van der Waals surface area contributed by atoms with E-state index in [1.165, 1.54) is 0 Å². The fourth-order valence-electron chi connectivity index (χ4n) is 5.59. The Morgan fingerprint density at radius 3 is 1.94 bits per heavy atom. The van der Waals surface area contributed by atoms with Crippen LogP contribution in [-0.2, 0) is 0 Å². The summed E-state index contributed by atoms with van der Waals surface area (Å²) in [4.78, 5) is 0. The quantitative estimate of drug-likeness (QED) is 0.793. The minimum atomic E-state index is -0.466. The first-order chi connectivity index (χ1) is 8.02. The lowest BCUT2D eigenvalue weighted by molar-refractivity contribution is -0.247. The van der Waals surface area contributed by atoms with E-state index in [4.69, 9.17) is 0 Å². The van der Waals surface area contributed by atoms with Crippen molar-refractivity contribution in [2.24, 2.45) is 23.7 Å². The summed E-state index contributed by atoms with van der Waals surface area (Å²) in [6, 6.07) is 0. The molecule has 4 fully saturated rings. The molecule has 2 heteroatoms. The van der Waals surface area contributed by atoms with Crippen LogP contribution in [0.15, 0.2) is 0 Å². The van der Waals surface area contributed by atoms with E-state index >= 15 is 0 Å². The molecule has 0 spiro atoms. The summed E-state index contributed by atoms with van der Waals surface area (Å²) in [5.41, 5.74) is -0.887. The van der Waals surface area contributed by atoms with E-state index in [1.807, 2.05) is 0 Å². The summed E-state index contributed by atoms with van der Waals surface area (Å²) in [6.07, 6.45) is 7.17. The Bertz CT molecular complexity index is 292. The molecule has 0 heterocycles. The Hall–Kier alpha value is -0.0800. The zero-order chi connectivity index (χ0) is 12.3. The van der Waals surface area contributed by atoms with Gasteiger partial charge in [0.2, 0.25) is 0 Å². The van der Waals surface area contributed by atoms with Gasteiger partial charge in [-0.2, -0.15) is 0 Å². The van der Waals surface area contributed by atoms with Gasteiger partial charge in [0.15, 0.2) is 0 Å². The molecule has 2 unspecified atom stereocenters. The number of aliphatic hydroxyl groups is 2. The van der Waals surface area contributed by atoms with Crippen LogP contribution >= 0.6 is 0 Å². The van der Waals surface area contributed by atoms with Gasteiger partial charge in [-0.15, -0.1) is 0 Å². The fourth-order valence-corrected chi connectivity index (χ4v) is 5.59. The summed E-state index contributed by atoms with van der Waals surface area (Å²) in [7, 11) is 0. The molecule has 17 heavy (non-hydrogen) atoms. The van der Waals surface area contributed by atoms with E-state index in [0.29, 0.717) is 23.7 Å². The lowest BCUT2D eigenvalue weighted by Gasteiger charge is -2.63. The van der Waals surface area contributed by atoms with Crippen molar-refractivity contribution in [2.75, 3.05) is 0 Å². The molecule has 0 saturated heterocycles. The SMILES string of the molecule is CCC(CC)C1(O)C2CC3CC1CC(O)(C3)C2. The molecule has 0 aromatic carbocycles. The van der Waals surface area contributed by atoms with Gasteiger partial charge in [0.1, 0.15) is 0 Å². The maximum Gasteiger partial charge on any atom is 0.0733 e. The molecule has 4 saturated carbocycles. The molecule has 0 amide bonds. The second kappa shape index (κ2) is 3.71. The van der Waals surface area contributed by atoms with E-state index in [-0.39, 0.29) is 0 Å². The van der Waals surface area contributed by atoms with E-state index in [9.17, 15) is 10.2 Å². The molecule has 0 aromatic heterocycles. The van der Waals surface area contributed by atoms with Crippen molar-refractivity contribution in [1.82, 2.24) is 0 Å². The normalized spacial score (nSPS) is 52.4. The smallest absolute Gasteiger partial charge is 0.0733 e.